The van der Waals surface area contributed by atoms with Crippen molar-refractivity contribution >= 4 is 11.6 Å². The molecule has 108 valence electrons. The predicted molar refractivity (Wildman–Crippen MR) is 81.9 cm³/mol. The summed E-state index contributed by atoms with van der Waals surface area (Å²) < 4.78 is 1.83. The van der Waals surface area contributed by atoms with Gasteiger partial charge in [0.15, 0.2) is 0 Å². The Morgan fingerprint density at radius 3 is 2.80 bits per heavy atom. The van der Waals surface area contributed by atoms with Gasteiger partial charge in [-0.15, -0.1) is 0 Å². The SMILES string of the molecule is CCCNC(Cc1ncnn1C)c1ccc(Cl)cc1C. The second-order valence-electron chi connectivity index (χ2n) is 5.01. The number of hydrogen-bond donors (Lipinski definition) is 1. The first kappa shape index (κ1) is 15.0. The molecule has 1 aromatic heterocycles. The third-order valence-corrected chi connectivity index (χ3v) is 3.67. The summed E-state index contributed by atoms with van der Waals surface area (Å²) in [6, 6.07) is 6.28. The van der Waals surface area contributed by atoms with E-state index in [9.17, 15) is 0 Å². The number of aryl methyl sites for hydroxylation is 2. The minimum Gasteiger partial charge on any atom is -0.310 e. The molecule has 20 heavy (non-hydrogen) atoms. The van der Waals surface area contributed by atoms with Crippen LogP contribution in [0.5, 0.6) is 0 Å². The first-order valence-corrected chi connectivity index (χ1v) is 7.32. The Morgan fingerprint density at radius 1 is 1.40 bits per heavy atom. The van der Waals surface area contributed by atoms with Crippen LogP contribution in [0.25, 0.3) is 0 Å². The minimum atomic E-state index is 0.232. The second kappa shape index (κ2) is 6.86. The van der Waals surface area contributed by atoms with Crippen molar-refractivity contribution in [3.8, 4) is 0 Å². The fraction of sp³-hybridized carbons (Fsp3) is 0.467. The van der Waals surface area contributed by atoms with E-state index >= 15 is 0 Å². The first-order valence-electron chi connectivity index (χ1n) is 6.94. The Balaban J connectivity index is 2.24. The standard InChI is InChI=1S/C15H21ClN4/c1-4-7-17-14(9-15-18-10-19-20(15)3)13-6-5-12(16)8-11(13)2/h5-6,8,10,14,17H,4,7,9H2,1-3H3. The van der Waals surface area contributed by atoms with E-state index in [-0.39, 0.29) is 6.04 Å². The van der Waals surface area contributed by atoms with Gasteiger partial charge >= 0.3 is 0 Å². The molecule has 0 saturated carbocycles. The maximum Gasteiger partial charge on any atom is 0.138 e. The Labute approximate surface area is 125 Å². The molecule has 1 aromatic carbocycles. The van der Waals surface area contributed by atoms with E-state index in [0.29, 0.717) is 0 Å². The Bertz CT molecular complexity index is 565. The summed E-state index contributed by atoms with van der Waals surface area (Å²) in [4.78, 5) is 4.32. The summed E-state index contributed by atoms with van der Waals surface area (Å²) >= 11 is 6.05. The lowest BCUT2D eigenvalue weighted by Gasteiger charge is -2.20. The zero-order chi connectivity index (χ0) is 14.5. The minimum absolute atomic E-state index is 0.232. The molecule has 5 heteroatoms. The van der Waals surface area contributed by atoms with E-state index < -0.39 is 0 Å². The number of aromatic nitrogens is 3. The van der Waals surface area contributed by atoms with Crippen LogP contribution < -0.4 is 5.32 Å². The summed E-state index contributed by atoms with van der Waals surface area (Å²) in [6.07, 6.45) is 3.52. The molecule has 4 nitrogen and oxygen atoms in total. The monoisotopic (exact) mass is 292 g/mol. The number of rotatable bonds is 6. The van der Waals surface area contributed by atoms with Crippen molar-refractivity contribution in [3.05, 3.63) is 46.5 Å². The summed E-state index contributed by atoms with van der Waals surface area (Å²) in [6.45, 7) is 5.24. The van der Waals surface area contributed by atoms with Crippen LogP contribution >= 0.6 is 11.6 Å². The Hall–Kier alpha value is -1.39. The van der Waals surface area contributed by atoms with Gasteiger partial charge in [0.25, 0.3) is 0 Å². The van der Waals surface area contributed by atoms with Crippen molar-refractivity contribution < 1.29 is 0 Å². The van der Waals surface area contributed by atoms with Gasteiger partial charge in [0.2, 0.25) is 0 Å². The van der Waals surface area contributed by atoms with Gasteiger partial charge in [0, 0.05) is 24.5 Å². The van der Waals surface area contributed by atoms with Crippen molar-refractivity contribution in [2.24, 2.45) is 7.05 Å². The molecule has 0 aliphatic carbocycles. The number of hydrogen-bond acceptors (Lipinski definition) is 3. The highest BCUT2D eigenvalue weighted by Gasteiger charge is 2.16. The van der Waals surface area contributed by atoms with Crippen molar-refractivity contribution in [1.29, 1.82) is 0 Å². The van der Waals surface area contributed by atoms with Crippen molar-refractivity contribution in [3.63, 3.8) is 0 Å². The number of nitrogens with one attached hydrogen (secondary N) is 1. The molecule has 0 bridgehead atoms. The van der Waals surface area contributed by atoms with Crippen LogP contribution in [0.3, 0.4) is 0 Å². The van der Waals surface area contributed by atoms with Crippen molar-refractivity contribution in [2.45, 2.75) is 32.7 Å². The molecule has 2 aromatic rings. The lowest BCUT2D eigenvalue weighted by Crippen LogP contribution is -2.26. The molecule has 0 fully saturated rings. The third kappa shape index (κ3) is 3.58. The van der Waals surface area contributed by atoms with Crippen LogP contribution in [0.15, 0.2) is 24.5 Å². The Morgan fingerprint density at radius 2 is 2.20 bits per heavy atom. The van der Waals surface area contributed by atoms with E-state index in [4.69, 9.17) is 11.6 Å². The largest absolute Gasteiger partial charge is 0.310 e. The predicted octanol–water partition coefficient (Wildman–Crippen LogP) is 3.06. The van der Waals surface area contributed by atoms with Gasteiger partial charge in [-0.3, -0.25) is 4.68 Å². The lowest BCUT2D eigenvalue weighted by molar-refractivity contribution is 0.505. The summed E-state index contributed by atoms with van der Waals surface area (Å²) in [5.41, 5.74) is 2.47. The van der Waals surface area contributed by atoms with Gasteiger partial charge in [0.1, 0.15) is 12.2 Å². The van der Waals surface area contributed by atoms with E-state index in [1.165, 1.54) is 11.1 Å². The molecule has 1 N–H and O–H groups in total. The highest BCUT2D eigenvalue weighted by Crippen LogP contribution is 2.24. The second-order valence-corrected chi connectivity index (χ2v) is 5.45. The molecule has 0 aliphatic rings. The third-order valence-electron chi connectivity index (χ3n) is 3.44. The van der Waals surface area contributed by atoms with Crippen LogP contribution in [-0.4, -0.2) is 21.3 Å². The molecule has 0 spiro atoms. The molecular formula is C15H21ClN4. The van der Waals surface area contributed by atoms with Crippen molar-refractivity contribution in [2.75, 3.05) is 6.54 Å². The smallest absolute Gasteiger partial charge is 0.138 e. The van der Waals surface area contributed by atoms with Crippen LogP contribution in [0.4, 0.5) is 0 Å². The van der Waals surface area contributed by atoms with Gasteiger partial charge in [0.05, 0.1) is 0 Å². The zero-order valence-electron chi connectivity index (χ0n) is 12.2. The molecule has 0 aliphatic heterocycles. The van der Waals surface area contributed by atoms with E-state index in [0.717, 1.165) is 30.2 Å². The number of halogens is 1. The summed E-state index contributed by atoms with van der Waals surface area (Å²) in [7, 11) is 1.92. The highest BCUT2D eigenvalue weighted by atomic mass is 35.5. The molecule has 0 radical (unpaired) electrons. The average Bonchev–Trinajstić information content (AvgIpc) is 2.80. The maximum atomic E-state index is 6.05. The summed E-state index contributed by atoms with van der Waals surface area (Å²) in [5.74, 6) is 0.980. The van der Waals surface area contributed by atoms with E-state index in [1.807, 2.05) is 23.9 Å². The fourth-order valence-electron chi connectivity index (χ4n) is 2.33. The molecular weight excluding hydrogens is 272 g/mol. The zero-order valence-corrected chi connectivity index (χ0v) is 13.0. The van der Waals surface area contributed by atoms with Crippen LogP contribution in [-0.2, 0) is 13.5 Å². The Kier molecular flexibility index (Phi) is 5.15. The first-order chi connectivity index (χ1) is 9.61. The quantitative estimate of drug-likeness (QED) is 0.890. The normalized spacial score (nSPS) is 12.6. The van der Waals surface area contributed by atoms with Gasteiger partial charge in [-0.1, -0.05) is 24.6 Å². The fourth-order valence-corrected chi connectivity index (χ4v) is 2.55. The van der Waals surface area contributed by atoms with Crippen LogP contribution in [0.1, 0.15) is 36.3 Å². The number of benzene rings is 1. The molecule has 0 saturated heterocycles. The van der Waals surface area contributed by atoms with Gasteiger partial charge < -0.3 is 5.32 Å². The molecule has 2 rings (SSSR count). The van der Waals surface area contributed by atoms with E-state index in [1.54, 1.807) is 6.33 Å². The van der Waals surface area contributed by atoms with Gasteiger partial charge in [-0.05, 0) is 43.1 Å². The van der Waals surface area contributed by atoms with Crippen LogP contribution in [0.2, 0.25) is 5.02 Å². The molecule has 1 unspecified atom stereocenters. The van der Waals surface area contributed by atoms with E-state index in [2.05, 4.69) is 35.3 Å². The molecule has 1 atom stereocenters. The van der Waals surface area contributed by atoms with Crippen molar-refractivity contribution in [1.82, 2.24) is 20.1 Å². The molecule has 0 amide bonds. The van der Waals surface area contributed by atoms with Crippen LogP contribution in [0, 0.1) is 6.92 Å². The number of nitrogens with zero attached hydrogens (tertiary/aromatic N) is 3. The maximum absolute atomic E-state index is 6.05. The topological polar surface area (TPSA) is 42.7 Å². The highest BCUT2D eigenvalue weighted by molar-refractivity contribution is 6.30. The van der Waals surface area contributed by atoms with Gasteiger partial charge in [-0.25, -0.2) is 4.98 Å². The van der Waals surface area contributed by atoms with Gasteiger partial charge in [-0.2, -0.15) is 5.10 Å². The summed E-state index contributed by atoms with van der Waals surface area (Å²) in [5, 5.41) is 8.50. The lowest BCUT2D eigenvalue weighted by atomic mass is 9.98. The molecule has 1 heterocycles. The average molecular weight is 293 g/mol.